The molecule has 4 N–H and O–H groups in total. The zero-order valence-electron chi connectivity index (χ0n) is 19.6. The van der Waals surface area contributed by atoms with Crippen LogP contribution in [0.25, 0.3) is 0 Å². The number of fused-ring (bicyclic) bond motifs is 1. The summed E-state index contributed by atoms with van der Waals surface area (Å²) in [6.07, 6.45) is -8.41. The van der Waals surface area contributed by atoms with Gasteiger partial charge in [-0.25, -0.2) is 4.79 Å². The number of amides is 2. The Labute approximate surface area is 195 Å². The summed E-state index contributed by atoms with van der Waals surface area (Å²) >= 11 is 0. The van der Waals surface area contributed by atoms with Gasteiger partial charge in [-0.15, -0.1) is 0 Å². The molecule has 0 unspecified atom stereocenters. The van der Waals surface area contributed by atoms with Crippen molar-refractivity contribution in [2.24, 2.45) is 0 Å². The maximum atomic E-state index is 13.3. The van der Waals surface area contributed by atoms with Crippen molar-refractivity contribution < 1.29 is 37.7 Å². The molecule has 0 spiro atoms. The van der Waals surface area contributed by atoms with Crippen molar-refractivity contribution in [1.29, 1.82) is 0 Å². The fourth-order valence-corrected chi connectivity index (χ4v) is 4.07. The molecule has 3 rings (SSSR count). The number of methoxy groups -OCH3 is 2. The van der Waals surface area contributed by atoms with E-state index in [-0.39, 0.29) is 11.4 Å². The molecule has 0 aromatic heterocycles. The molecule has 1 aliphatic carbocycles. The number of benzene rings is 2. The van der Waals surface area contributed by atoms with E-state index in [1.165, 1.54) is 19.2 Å². The average Bonchev–Trinajstić information content (AvgIpc) is 3.06. The Morgan fingerprint density at radius 1 is 1.15 bits per heavy atom. The van der Waals surface area contributed by atoms with Crippen LogP contribution in [0.4, 0.5) is 23.7 Å². The monoisotopic (exact) mass is 482 g/mol. The van der Waals surface area contributed by atoms with Gasteiger partial charge in [-0.2, -0.15) is 13.2 Å². The summed E-state index contributed by atoms with van der Waals surface area (Å²) in [7, 11) is 2.64. The number of rotatable bonds is 5. The largest absolute Gasteiger partial charge is 0.496 e. The molecule has 186 valence electrons. The van der Waals surface area contributed by atoms with E-state index in [2.05, 4.69) is 10.6 Å². The van der Waals surface area contributed by atoms with E-state index >= 15 is 0 Å². The van der Waals surface area contributed by atoms with Crippen LogP contribution in [0.2, 0.25) is 0 Å². The van der Waals surface area contributed by atoms with Crippen molar-refractivity contribution >= 4 is 11.7 Å². The van der Waals surface area contributed by atoms with E-state index in [0.717, 1.165) is 12.7 Å². The second kappa shape index (κ2) is 9.34. The molecule has 0 heterocycles. The number of anilines is 1. The summed E-state index contributed by atoms with van der Waals surface area (Å²) in [6.45, 7) is 5.38. The Bertz CT molecular complexity index is 1070. The molecule has 1 aliphatic rings. The predicted molar refractivity (Wildman–Crippen MR) is 120 cm³/mol. The Hall–Kier alpha value is -2.98. The van der Waals surface area contributed by atoms with Crippen LogP contribution in [0, 0.1) is 0 Å². The molecule has 0 saturated carbocycles. The van der Waals surface area contributed by atoms with Crippen molar-refractivity contribution in [2.45, 2.75) is 57.0 Å². The van der Waals surface area contributed by atoms with Gasteiger partial charge in [-0.3, -0.25) is 0 Å². The van der Waals surface area contributed by atoms with Gasteiger partial charge in [0.05, 0.1) is 25.9 Å². The number of halogens is 3. The van der Waals surface area contributed by atoms with Gasteiger partial charge < -0.3 is 30.3 Å². The summed E-state index contributed by atoms with van der Waals surface area (Å²) in [5.41, 5.74) is 0.737. The van der Waals surface area contributed by atoms with Crippen molar-refractivity contribution in [3.8, 4) is 11.5 Å². The molecule has 7 nitrogen and oxygen atoms in total. The minimum Gasteiger partial charge on any atom is -0.496 e. The van der Waals surface area contributed by atoms with E-state index in [9.17, 15) is 28.2 Å². The van der Waals surface area contributed by atoms with Gasteiger partial charge in [0.2, 0.25) is 0 Å². The number of alkyl halides is 3. The topological polar surface area (TPSA) is 100 Å². The number of aliphatic hydroxyl groups excluding tert-OH is 2. The highest BCUT2D eigenvalue weighted by Crippen LogP contribution is 2.43. The first-order valence-electron chi connectivity index (χ1n) is 10.7. The van der Waals surface area contributed by atoms with Crippen molar-refractivity contribution in [2.75, 3.05) is 19.5 Å². The van der Waals surface area contributed by atoms with Crippen LogP contribution in [-0.4, -0.2) is 42.7 Å². The fourth-order valence-electron chi connectivity index (χ4n) is 4.07. The Morgan fingerprint density at radius 2 is 1.82 bits per heavy atom. The summed E-state index contributed by atoms with van der Waals surface area (Å²) in [5, 5.41) is 25.9. The molecule has 0 fully saturated rings. The molecule has 10 heteroatoms. The number of carbonyl (C=O) groups is 1. The number of nitrogens with one attached hydrogen (secondary N) is 2. The van der Waals surface area contributed by atoms with Gasteiger partial charge >= 0.3 is 12.2 Å². The molecule has 3 atom stereocenters. The van der Waals surface area contributed by atoms with Gasteiger partial charge in [0.25, 0.3) is 0 Å². The van der Waals surface area contributed by atoms with Gasteiger partial charge in [0.15, 0.2) is 6.10 Å². The Kier molecular flexibility index (Phi) is 7.05. The number of aliphatic hydroxyl groups is 2. The highest BCUT2D eigenvalue weighted by Gasteiger charge is 2.42. The first-order valence-corrected chi connectivity index (χ1v) is 10.7. The molecular formula is C24H29F3N2O5. The van der Waals surface area contributed by atoms with Crippen LogP contribution in [0.1, 0.15) is 55.2 Å². The third kappa shape index (κ3) is 5.07. The molecule has 34 heavy (non-hydrogen) atoms. The number of urea groups is 1. The van der Waals surface area contributed by atoms with Crippen LogP contribution in [0.5, 0.6) is 11.5 Å². The lowest BCUT2D eigenvalue weighted by Gasteiger charge is -2.26. The first-order chi connectivity index (χ1) is 15.8. The van der Waals surface area contributed by atoms with Crippen molar-refractivity contribution in [3.63, 3.8) is 0 Å². The molecule has 0 radical (unpaired) electrons. The molecule has 2 aromatic carbocycles. The zero-order valence-corrected chi connectivity index (χ0v) is 19.6. The second-order valence-corrected chi connectivity index (χ2v) is 9.23. The third-order valence-electron chi connectivity index (χ3n) is 5.85. The zero-order chi connectivity index (χ0) is 25.4. The highest BCUT2D eigenvalue weighted by molar-refractivity contribution is 5.92. The van der Waals surface area contributed by atoms with Gasteiger partial charge in [-0.05, 0) is 41.2 Å². The Morgan fingerprint density at radius 3 is 2.38 bits per heavy atom. The number of ether oxygens (including phenoxy) is 2. The lowest BCUT2D eigenvalue weighted by molar-refractivity contribution is -0.207. The minimum atomic E-state index is -4.93. The number of carbonyl (C=O) groups excluding carboxylic acids is 1. The lowest BCUT2D eigenvalue weighted by atomic mass is 9.84. The number of hydrogen-bond donors (Lipinski definition) is 4. The van der Waals surface area contributed by atoms with Crippen LogP contribution in [0.15, 0.2) is 30.3 Å². The lowest BCUT2D eigenvalue weighted by Crippen LogP contribution is -2.40. The van der Waals surface area contributed by atoms with E-state index in [0.29, 0.717) is 23.3 Å². The number of hydrogen-bond acceptors (Lipinski definition) is 5. The van der Waals surface area contributed by atoms with E-state index in [1.807, 2.05) is 6.07 Å². The standard InChI is InChI=1S/C24H29F3N2O5/c1-23(2,3)13-10-14(21(31)24(25,26)27)20(34-5)16(11-13)29-22(32)28-15-9-12-7-6-8-17(33-4)18(12)19(15)30/h6-8,10-11,15,19,21,30-31H,9H2,1-5H3,(H2,28,29,32)/t15-,19-,21-/m1/s1. The van der Waals surface area contributed by atoms with Crippen molar-refractivity contribution in [3.05, 3.63) is 52.6 Å². The predicted octanol–water partition coefficient (Wildman–Crippen LogP) is 4.38. The maximum absolute atomic E-state index is 13.3. The van der Waals surface area contributed by atoms with Gasteiger partial charge in [-0.1, -0.05) is 32.9 Å². The van der Waals surface area contributed by atoms with E-state index < -0.39 is 41.4 Å². The SMILES string of the molecule is COc1cccc2c1[C@H](O)[C@H](NC(=O)Nc1cc(C(C)(C)C)cc([C@@H](O)C(F)(F)F)c1OC)C2. The summed E-state index contributed by atoms with van der Waals surface area (Å²) in [6, 6.07) is 6.62. The maximum Gasteiger partial charge on any atom is 0.418 e. The summed E-state index contributed by atoms with van der Waals surface area (Å²) < 4.78 is 50.5. The van der Waals surface area contributed by atoms with E-state index in [1.54, 1.807) is 32.9 Å². The van der Waals surface area contributed by atoms with Crippen LogP contribution in [0.3, 0.4) is 0 Å². The molecular weight excluding hydrogens is 453 g/mol. The molecule has 0 aliphatic heterocycles. The average molecular weight is 482 g/mol. The second-order valence-electron chi connectivity index (χ2n) is 9.23. The highest BCUT2D eigenvalue weighted by atomic mass is 19.4. The molecule has 2 amide bonds. The summed E-state index contributed by atoms with van der Waals surface area (Å²) in [4.78, 5) is 12.8. The quantitative estimate of drug-likeness (QED) is 0.507. The van der Waals surface area contributed by atoms with Crippen LogP contribution >= 0.6 is 0 Å². The van der Waals surface area contributed by atoms with Gasteiger partial charge in [0.1, 0.15) is 17.6 Å². The van der Waals surface area contributed by atoms with Gasteiger partial charge in [0, 0.05) is 11.1 Å². The molecule has 2 aromatic rings. The molecule has 0 saturated heterocycles. The first kappa shape index (κ1) is 25.6. The minimum absolute atomic E-state index is 0.0340. The molecule has 0 bridgehead atoms. The van der Waals surface area contributed by atoms with E-state index in [4.69, 9.17) is 9.47 Å². The Balaban J connectivity index is 1.90. The smallest absolute Gasteiger partial charge is 0.418 e. The fraction of sp³-hybridized carbons (Fsp3) is 0.458. The van der Waals surface area contributed by atoms with Crippen LogP contribution in [-0.2, 0) is 11.8 Å². The summed E-state index contributed by atoms with van der Waals surface area (Å²) in [5.74, 6) is 0.199. The normalized spacial score (nSPS) is 18.8. The van der Waals surface area contributed by atoms with Crippen LogP contribution < -0.4 is 20.1 Å². The van der Waals surface area contributed by atoms with Crippen molar-refractivity contribution in [1.82, 2.24) is 5.32 Å². The third-order valence-corrected chi connectivity index (χ3v) is 5.85.